The van der Waals surface area contributed by atoms with E-state index in [0.29, 0.717) is 38.0 Å². The number of carbonyl (C=O) groups is 2. The fourth-order valence-corrected chi connectivity index (χ4v) is 5.64. The minimum Gasteiger partial charge on any atom is -0.361 e. The van der Waals surface area contributed by atoms with E-state index in [1.807, 2.05) is 24.4 Å². The van der Waals surface area contributed by atoms with Gasteiger partial charge in [0.15, 0.2) is 5.78 Å². The van der Waals surface area contributed by atoms with E-state index in [9.17, 15) is 18.0 Å². The quantitative estimate of drug-likeness (QED) is 0.537. The molecule has 1 fully saturated rings. The van der Waals surface area contributed by atoms with Gasteiger partial charge < -0.3 is 10.3 Å². The molecule has 1 saturated heterocycles. The number of fused-ring (bicyclic) bond motifs is 1. The maximum Gasteiger partial charge on any atom is 0.243 e. The first-order valence-corrected chi connectivity index (χ1v) is 12.2. The number of hydrogen-bond donors (Lipinski definition) is 2. The number of rotatable bonds is 7. The van der Waals surface area contributed by atoms with Crippen LogP contribution in [0.25, 0.3) is 10.9 Å². The summed E-state index contributed by atoms with van der Waals surface area (Å²) in [4.78, 5) is 27.4. The summed E-state index contributed by atoms with van der Waals surface area (Å²) in [5, 5.41) is 4.17. The fourth-order valence-electron chi connectivity index (χ4n) is 4.17. The predicted octanol–water partition coefficient (Wildman–Crippen LogP) is 3.13. The number of nitrogens with one attached hydrogen (secondary N) is 2. The number of Topliss-reactive ketones (excluding diaryl/α,β-unsaturated/α-hetero) is 1. The number of para-hydroxylation sites is 1. The van der Waals surface area contributed by atoms with Gasteiger partial charge in [-0.25, -0.2) is 8.42 Å². The second-order valence-corrected chi connectivity index (χ2v) is 10.1. The lowest BCUT2D eigenvalue weighted by Gasteiger charge is -2.30. The van der Waals surface area contributed by atoms with Gasteiger partial charge in [-0.1, -0.05) is 30.3 Å². The molecule has 1 aromatic heterocycles. The lowest BCUT2D eigenvalue weighted by molar-refractivity contribution is -0.126. The maximum absolute atomic E-state index is 12.9. The Balaban J connectivity index is 1.29. The monoisotopic (exact) mass is 453 g/mol. The minimum absolute atomic E-state index is 0.0206. The second-order valence-electron chi connectivity index (χ2n) is 8.16. The zero-order chi connectivity index (χ0) is 22.7. The van der Waals surface area contributed by atoms with Gasteiger partial charge in [-0.2, -0.15) is 4.31 Å². The van der Waals surface area contributed by atoms with Crippen molar-refractivity contribution in [3.63, 3.8) is 0 Å². The van der Waals surface area contributed by atoms with Crippen LogP contribution in [0, 0.1) is 5.92 Å². The second kappa shape index (κ2) is 9.26. The molecule has 0 unspecified atom stereocenters. The number of nitrogens with zero attached hydrogens (tertiary/aromatic N) is 1. The summed E-state index contributed by atoms with van der Waals surface area (Å²) in [6.45, 7) is 2.59. The van der Waals surface area contributed by atoms with Crippen LogP contribution in [0.1, 0.15) is 35.7 Å². The molecule has 4 rings (SSSR count). The van der Waals surface area contributed by atoms with Crippen molar-refractivity contribution in [3.05, 3.63) is 65.9 Å². The van der Waals surface area contributed by atoms with Gasteiger partial charge in [-0.05, 0) is 49.9 Å². The Morgan fingerprint density at radius 3 is 2.44 bits per heavy atom. The predicted molar refractivity (Wildman–Crippen MR) is 123 cm³/mol. The Bertz CT molecular complexity index is 1220. The van der Waals surface area contributed by atoms with Crippen molar-refractivity contribution < 1.29 is 18.0 Å². The van der Waals surface area contributed by atoms with Crippen LogP contribution in [0.3, 0.4) is 0 Å². The summed E-state index contributed by atoms with van der Waals surface area (Å²) >= 11 is 0. The van der Waals surface area contributed by atoms with E-state index < -0.39 is 10.0 Å². The Kier molecular flexibility index (Phi) is 6.43. The van der Waals surface area contributed by atoms with E-state index in [0.717, 1.165) is 22.9 Å². The molecule has 3 aromatic rings. The maximum atomic E-state index is 12.9. The molecular weight excluding hydrogens is 426 g/mol. The average molecular weight is 454 g/mol. The molecule has 0 spiro atoms. The number of amides is 1. The van der Waals surface area contributed by atoms with Gasteiger partial charge in [-0.3, -0.25) is 9.59 Å². The number of sulfonamides is 1. The normalized spacial score (nSPS) is 15.7. The zero-order valence-electron chi connectivity index (χ0n) is 18.0. The van der Waals surface area contributed by atoms with E-state index in [4.69, 9.17) is 0 Å². The van der Waals surface area contributed by atoms with Crippen molar-refractivity contribution in [1.29, 1.82) is 0 Å². The molecule has 0 aliphatic carbocycles. The highest BCUT2D eigenvalue weighted by Crippen LogP contribution is 2.24. The fraction of sp³-hybridized carbons (Fsp3) is 0.333. The molecule has 7 nitrogen and oxygen atoms in total. The largest absolute Gasteiger partial charge is 0.361 e. The van der Waals surface area contributed by atoms with Gasteiger partial charge >= 0.3 is 0 Å². The van der Waals surface area contributed by atoms with Gasteiger partial charge in [0.05, 0.1) is 4.90 Å². The molecule has 0 bridgehead atoms. The Hall–Kier alpha value is -2.97. The number of carbonyl (C=O) groups excluding carboxylic acids is 2. The lowest BCUT2D eigenvalue weighted by atomic mass is 9.97. The molecule has 1 aliphatic rings. The van der Waals surface area contributed by atoms with Crippen LogP contribution in [0.4, 0.5) is 0 Å². The highest BCUT2D eigenvalue weighted by atomic mass is 32.2. The molecule has 32 heavy (non-hydrogen) atoms. The highest BCUT2D eigenvalue weighted by molar-refractivity contribution is 7.89. The summed E-state index contributed by atoms with van der Waals surface area (Å²) in [6.07, 6.45) is 3.69. The van der Waals surface area contributed by atoms with Gasteiger partial charge in [0.2, 0.25) is 15.9 Å². The van der Waals surface area contributed by atoms with E-state index >= 15 is 0 Å². The first-order chi connectivity index (χ1) is 15.4. The van der Waals surface area contributed by atoms with Crippen molar-refractivity contribution in [2.75, 3.05) is 19.6 Å². The van der Waals surface area contributed by atoms with E-state index in [-0.39, 0.29) is 22.5 Å². The van der Waals surface area contributed by atoms with Crippen LogP contribution in [-0.4, -0.2) is 49.0 Å². The molecule has 168 valence electrons. The molecule has 2 N–H and O–H groups in total. The van der Waals surface area contributed by atoms with Gasteiger partial charge in [0, 0.05) is 48.2 Å². The average Bonchev–Trinajstić information content (AvgIpc) is 3.22. The van der Waals surface area contributed by atoms with Crippen LogP contribution in [0.15, 0.2) is 59.6 Å². The molecule has 0 saturated carbocycles. The van der Waals surface area contributed by atoms with Crippen molar-refractivity contribution >= 4 is 32.6 Å². The SMILES string of the molecule is CC(=O)c1ccc(S(=O)(=O)N2CCC(C(=O)NCCc3c[nH]c4ccccc34)CC2)cc1. The lowest BCUT2D eigenvalue weighted by Crippen LogP contribution is -2.43. The number of benzene rings is 2. The molecule has 2 heterocycles. The summed E-state index contributed by atoms with van der Waals surface area (Å²) in [6, 6.07) is 14.1. The van der Waals surface area contributed by atoms with Crippen LogP contribution in [0.5, 0.6) is 0 Å². The van der Waals surface area contributed by atoms with Gasteiger partial charge in [0.25, 0.3) is 0 Å². The molecule has 8 heteroatoms. The van der Waals surface area contributed by atoms with Gasteiger partial charge in [0.1, 0.15) is 0 Å². The Labute approximate surface area is 187 Å². The van der Waals surface area contributed by atoms with E-state index in [1.165, 1.54) is 35.5 Å². The standard InChI is InChI=1S/C24H27N3O4S/c1-17(28)18-6-8-21(9-7-18)32(30,31)27-14-11-19(12-15-27)24(29)25-13-10-20-16-26-23-5-3-2-4-22(20)23/h2-9,16,19,26H,10-15H2,1H3,(H,25,29). The van der Waals surface area contributed by atoms with Crippen LogP contribution in [-0.2, 0) is 21.2 Å². The third-order valence-electron chi connectivity index (χ3n) is 6.09. The number of hydrogen-bond acceptors (Lipinski definition) is 4. The number of H-pyrrole nitrogens is 1. The van der Waals surface area contributed by atoms with E-state index in [1.54, 1.807) is 0 Å². The topological polar surface area (TPSA) is 99.3 Å². The third kappa shape index (κ3) is 4.61. The molecule has 0 radical (unpaired) electrons. The summed E-state index contributed by atoms with van der Waals surface area (Å²) in [5.41, 5.74) is 2.72. The Morgan fingerprint density at radius 1 is 1.06 bits per heavy atom. The summed E-state index contributed by atoms with van der Waals surface area (Å²) in [5.74, 6) is -0.317. The van der Waals surface area contributed by atoms with Crippen LogP contribution in [0.2, 0.25) is 0 Å². The first kappa shape index (κ1) is 22.2. The molecule has 1 aliphatic heterocycles. The zero-order valence-corrected chi connectivity index (χ0v) is 18.8. The molecule has 0 atom stereocenters. The van der Waals surface area contributed by atoms with Crippen molar-refractivity contribution in [2.24, 2.45) is 5.92 Å². The molecule has 1 amide bonds. The van der Waals surface area contributed by atoms with E-state index in [2.05, 4.69) is 16.4 Å². The number of aromatic amines is 1. The van der Waals surface area contributed by atoms with Crippen molar-refractivity contribution in [3.8, 4) is 0 Å². The highest BCUT2D eigenvalue weighted by Gasteiger charge is 2.32. The van der Waals surface area contributed by atoms with Crippen molar-refractivity contribution in [2.45, 2.75) is 31.1 Å². The smallest absolute Gasteiger partial charge is 0.243 e. The first-order valence-electron chi connectivity index (χ1n) is 10.8. The molecular formula is C24H27N3O4S. The minimum atomic E-state index is -3.63. The Morgan fingerprint density at radius 2 is 1.75 bits per heavy atom. The third-order valence-corrected chi connectivity index (χ3v) is 8.00. The number of aromatic nitrogens is 1. The van der Waals surface area contributed by atoms with Gasteiger partial charge in [-0.15, -0.1) is 0 Å². The summed E-state index contributed by atoms with van der Waals surface area (Å²) in [7, 11) is -3.63. The number of ketones is 1. The summed E-state index contributed by atoms with van der Waals surface area (Å²) < 4.78 is 27.2. The number of piperidine rings is 1. The van der Waals surface area contributed by atoms with Crippen molar-refractivity contribution in [1.82, 2.24) is 14.6 Å². The molecule has 2 aromatic carbocycles. The van der Waals surface area contributed by atoms with Crippen LogP contribution < -0.4 is 5.32 Å². The van der Waals surface area contributed by atoms with Crippen LogP contribution >= 0.6 is 0 Å².